The molecule has 6 nitrogen and oxygen atoms in total. The second-order valence-corrected chi connectivity index (χ2v) is 3.35. The van der Waals surface area contributed by atoms with Crippen molar-refractivity contribution in [3.8, 4) is 0 Å². The van der Waals surface area contributed by atoms with E-state index in [1.165, 1.54) is 6.07 Å². The Hall–Kier alpha value is -1.21. The van der Waals surface area contributed by atoms with Crippen molar-refractivity contribution in [1.82, 2.24) is 0 Å². The third kappa shape index (κ3) is 8.89. The lowest BCUT2D eigenvalue weighted by Crippen LogP contribution is -2.00. The smallest absolute Gasteiger partial charge is 0.185 e. The number of rotatable bonds is 8. The van der Waals surface area contributed by atoms with Crippen LogP contribution >= 0.6 is 0 Å². The highest BCUT2D eigenvalue weighted by atomic mass is 16.5. The number of aliphatic hydroxyl groups is 3. The molecule has 0 atom stereocenters. The highest BCUT2D eigenvalue weighted by Gasteiger charge is 1.96. The van der Waals surface area contributed by atoms with E-state index in [2.05, 4.69) is 0 Å². The molecule has 0 aromatic carbocycles. The third-order valence-corrected chi connectivity index (χ3v) is 1.85. The minimum Gasteiger partial charge on any atom is -0.456 e. The molecule has 0 radical (unpaired) electrons. The van der Waals surface area contributed by atoms with Crippen LogP contribution in [0.15, 0.2) is 16.5 Å². The number of aldehydes is 1. The fourth-order valence-corrected chi connectivity index (χ4v) is 0.978. The molecule has 3 N–H and O–H groups in total. The summed E-state index contributed by atoms with van der Waals surface area (Å²) in [5.74, 6) is 0.663. The molecule has 0 spiro atoms. The zero-order valence-electron chi connectivity index (χ0n) is 10.2. The van der Waals surface area contributed by atoms with E-state index in [4.69, 9.17) is 24.5 Å². The van der Waals surface area contributed by atoms with Crippen LogP contribution in [0.3, 0.4) is 0 Å². The summed E-state index contributed by atoms with van der Waals surface area (Å²) in [7, 11) is 0. The zero-order chi connectivity index (χ0) is 13.6. The highest BCUT2D eigenvalue weighted by Crippen LogP contribution is 2.03. The van der Waals surface area contributed by atoms with Crippen molar-refractivity contribution in [2.24, 2.45) is 0 Å². The van der Waals surface area contributed by atoms with Crippen LogP contribution in [0.1, 0.15) is 29.2 Å². The van der Waals surface area contributed by atoms with Gasteiger partial charge in [-0.05, 0) is 25.0 Å². The Morgan fingerprint density at radius 3 is 2.06 bits per heavy atom. The van der Waals surface area contributed by atoms with Gasteiger partial charge in [-0.1, -0.05) is 0 Å². The number of hydrogen-bond acceptors (Lipinski definition) is 6. The summed E-state index contributed by atoms with van der Waals surface area (Å²) in [5.41, 5.74) is 0. The first-order valence-electron chi connectivity index (χ1n) is 5.72. The van der Waals surface area contributed by atoms with E-state index in [0.29, 0.717) is 38.1 Å². The topological polar surface area (TPSA) is 100 Å². The molecule has 1 aromatic rings. The van der Waals surface area contributed by atoms with Crippen LogP contribution in [0.2, 0.25) is 0 Å². The average molecular weight is 260 g/mol. The Morgan fingerprint density at radius 2 is 1.72 bits per heavy atom. The summed E-state index contributed by atoms with van der Waals surface area (Å²) in [6.45, 7) is 1.39. The van der Waals surface area contributed by atoms with Crippen LogP contribution in [0.25, 0.3) is 0 Å². The molecule has 1 rings (SSSR count). The summed E-state index contributed by atoms with van der Waals surface area (Å²) in [6, 6.07) is 3.07. The van der Waals surface area contributed by atoms with Gasteiger partial charge in [0.15, 0.2) is 12.0 Å². The van der Waals surface area contributed by atoms with Gasteiger partial charge in [-0.25, -0.2) is 0 Å². The molecular formula is C12H20O6. The maximum Gasteiger partial charge on any atom is 0.185 e. The molecule has 0 aliphatic rings. The van der Waals surface area contributed by atoms with E-state index in [-0.39, 0.29) is 25.6 Å². The number of ether oxygens (including phenoxy) is 1. The lowest BCUT2D eigenvalue weighted by atomic mass is 10.4. The normalized spacial score (nSPS) is 9.72. The molecule has 0 saturated heterocycles. The van der Waals surface area contributed by atoms with E-state index in [0.717, 1.165) is 0 Å². The number of hydrogen-bond donors (Lipinski definition) is 3. The van der Waals surface area contributed by atoms with Gasteiger partial charge >= 0.3 is 0 Å². The van der Waals surface area contributed by atoms with E-state index < -0.39 is 0 Å². The van der Waals surface area contributed by atoms with Gasteiger partial charge < -0.3 is 24.5 Å². The lowest BCUT2D eigenvalue weighted by molar-refractivity contribution is 0.102. The first-order chi connectivity index (χ1) is 8.78. The number of furan rings is 1. The summed E-state index contributed by atoms with van der Waals surface area (Å²) in [5, 5.41) is 25.0. The molecule has 0 aliphatic heterocycles. The second-order valence-electron chi connectivity index (χ2n) is 3.35. The van der Waals surface area contributed by atoms with Gasteiger partial charge in [0.25, 0.3) is 0 Å². The van der Waals surface area contributed by atoms with Crippen LogP contribution in [0.4, 0.5) is 0 Å². The number of carbonyl (C=O) groups excluding carboxylic acids is 1. The first kappa shape index (κ1) is 16.8. The molecule has 0 saturated carbocycles. The van der Waals surface area contributed by atoms with Gasteiger partial charge in [0.05, 0.1) is 0 Å². The number of carbonyl (C=O) groups is 1. The van der Waals surface area contributed by atoms with E-state index >= 15 is 0 Å². The van der Waals surface area contributed by atoms with Gasteiger partial charge in [-0.2, -0.15) is 0 Å². The quantitative estimate of drug-likeness (QED) is 0.460. The Labute approximate surface area is 106 Å². The van der Waals surface area contributed by atoms with Gasteiger partial charge in [0.2, 0.25) is 0 Å². The largest absolute Gasteiger partial charge is 0.456 e. The monoisotopic (exact) mass is 260 g/mol. The van der Waals surface area contributed by atoms with E-state index in [1.807, 2.05) is 0 Å². The maximum absolute atomic E-state index is 9.96. The van der Waals surface area contributed by atoms with Crippen LogP contribution < -0.4 is 0 Å². The summed E-state index contributed by atoms with van der Waals surface area (Å²) in [4.78, 5) is 9.96. The zero-order valence-corrected chi connectivity index (χ0v) is 10.2. The van der Waals surface area contributed by atoms with Crippen LogP contribution in [0.5, 0.6) is 0 Å². The van der Waals surface area contributed by atoms with Crippen LogP contribution in [-0.2, 0) is 11.3 Å². The molecule has 1 aromatic heterocycles. The van der Waals surface area contributed by atoms with Gasteiger partial charge in [-0.3, -0.25) is 4.79 Å². The average Bonchev–Trinajstić information content (AvgIpc) is 2.87. The fourth-order valence-electron chi connectivity index (χ4n) is 0.978. The van der Waals surface area contributed by atoms with Crippen molar-refractivity contribution in [2.45, 2.75) is 19.4 Å². The molecule has 0 amide bonds. The predicted octanol–water partition coefficient (Wildman–Crippen LogP) is 0.352. The van der Waals surface area contributed by atoms with Crippen molar-refractivity contribution in [3.05, 3.63) is 23.7 Å². The van der Waals surface area contributed by atoms with E-state index in [1.54, 1.807) is 6.07 Å². The minimum atomic E-state index is -0.159. The summed E-state index contributed by atoms with van der Waals surface area (Å²) < 4.78 is 9.76. The van der Waals surface area contributed by atoms with Gasteiger partial charge in [0, 0.05) is 26.4 Å². The number of aliphatic hydroxyl groups excluding tert-OH is 3. The van der Waals surface area contributed by atoms with Gasteiger partial charge in [-0.15, -0.1) is 0 Å². The van der Waals surface area contributed by atoms with Crippen LogP contribution in [0, 0.1) is 0 Å². The minimum absolute atomic E-state index is 0.159. The van der Waals surface area contributed by atoms with Crippen LogP contribution in [-0.4, -0.2) is 48.0 Å². The van der Waals surface area contributed by atoms with Crippen molar-refractivity contribution in [3.63, 3.8) is 0 Å². The SMILES string of the molecule is O=Cc1ccc(CO)o1.OCCCOCCCO. The Bertz CT molecular complexity index is 291. The third-order valence-electron chi connectivity index (χ3n) is 1.85. The van der Waals surface area contributed by atoms with Crippen molar-refractivity contribution in [1.29, 1.82) is 0 Å². The molecule has 18 heavy (non-hydrogen) atoms. The highest BCUT2D eigenvalue weighted by molar-refractivity contribution is 5.70. The van der Waals surface area contributed by atoms with Crippen molar-refractivity contribution >= 4 is 6.29 Å². The van der Waals surface area contributed by atoms with Crippen molar-refractivity contribution in [2.75, 3.05) is 26.4 Å². The Kier molecular flexibility index (Phi) is 11.4. The van der Waals surface area contributed by atoms with E-state index in [9.17, 15) is 4.79 Å². The molecule has 1 heterocycles. The summed E-state index contributed by atoms with van der Waals surface area (Å²) in [6.07, 6.45) is 1.97. The first-order valence-corrected chi connectivity index (χ1v) is 5.72. The maximum atomic E-state index is 9.96. The standard InChI is InChI=1S/C6H6O3.C6H14O3/c7-3-5-1-2-6(4-8)9-5;7-3-1-5-9-6-2-4-8/h1-3,8H,4H2;7-8H,1-6H2. The van der Waals surface area contributed by atoms with Crippen molar-refractivity contribution < 1.29 is 29.3 Å². The molecule has 0 bridgehead atoms. The molecular weight excluding hydrogens is 240 g/mol. The van der Waals surface area contributed by atoms with Gasteiger partial charge in [0.1, 0.15) is 12.4 Å². The molecule has 104 valence electrons. The predicted molar refractivity (Wildman–Crippen MR) is 64.2 cm³/mol. The fraction of sp³-hybridized carbons (Fsp3) is 0.583. The Morgan fingerprint density at radius 1 is 1.11 bits per heavy atom. The molecule has 0 fully saturated rings. The Balaban J connectivity index is 0.000000321. The molecule has 0 unspecified atom stereocenters. The molecule has 0 aliphatic carbocycles. The summed E-state index contributed by atoms with van der Waals surface area (Å²) >= 11 is 0. The lowest BCUT2D eigenvalue weighted by Gasteiger charge is -1.99. The second kappa shape index (κ2) is 12.3. The molecule has 6 heteroatoms.